The largest absolute Gasteiger partial charge is 0.336 e. The molecule has 4 aromatic rings. The summed E-state index contributed by atoms with van der Waals surface area (Å²) in [6.07, 6.45) is 1.72. The van der Waals surface area contributed by atoms with E-state index in [0.717, 1.165) is 14.9 Å². The van der Waals surface area contributed by atoms with Gasteiger partial charge in [-0.1, -0.05) is 20.8 Å². The van der Waals surface area contributed by atoms with Gasteiger partial charge in [-0.25, -0.2) is 14.2 Å². The maximum atomic E-state index is 13.4. The van der Waals surface area contributed by atoms with Crippen molar-refractivity contribution in [1.82, 2.24) is 24.1 Å². The van der Waals surface area contributed by atoms with Crippen molar-refractivity contribution in [3.8, 4) is 0 Å². The number of rotatable bonds is 2. The maximum Gasteiger partial charge on any atom is 0.336 e. The van der Waals surface area contributed by atoms with Gasteiger partial charge in [0.05, 0.1) is 12.1 Å². The molecule has 0 spiro atoms. The molecule has 0 aliphatic rings. The highest BCUT2D eigenvalue weighted by Gasteiger charge is 2.25. The average molecular weight is 432 g/mol. The van der Waals surface area contributed by atoms with Crippen LogP contribution in [0.5, 0.6) is 0 Å². The van der Waals surface area contributed by atoms with E-state index in [-0.39, 0.29) is 11.1 Å². The number of fused-ring (bicyclic) bond motifs is 3. The van der Waals surface area contributed by atoms with Crippen molar-refractivity contribution in [3.05, 3.63) is 54.9 Å². The highest BCUT2D eigenvalue weighted by Crippen LogP contribution is 2.25. The number of halogens is 1. The molecule has 4 heterocycles. The molecule has 0 unspecified atom stereocenters. The van der Waals surface area contributed by atoms with Gasteiger partial charge in [0.15, 0.2) is 5.65 Å². The van der Waals surface area contributed by atoms with Crippen LogP contribution in [0.15, 0.2) is 33.7 Å². The SMILES string of the molecule is Cc1ccc(Cn2c(=O)n3c(C(C)(C)C)nnc3c3ncc(Br)cc32)s1. The van der Waals surface area contributed by atoms with Crippen LogP contribution in [0, 0.1) is 6.92 Å². The topological polar surface area (TPSA) is 65.1 Å². The first-order chi connectivity index (χ1) is 12.3. The zero-order chi connectivity index (χ0) is 18.6. The molecular weight excluding hydrogens is 414 g/mol. The molecule has 0 saturated carbocycles. The maximum absolute atomic E-state index is 13.4. The molecule has 0 atom stereocenters. The standard InChI is InChI=1S/C18H18BrN5OS/c1-10-5-6-12(26-10)9-23-13-7-11(19)8-20-14(13)15-21-22-16(18(2,3)4)24(15)17(23)25/h5-8H,9H2,1-4H3. The predicted molar refractivity (Wildman–Crippen MR) is 107 cm³/mol. The predicted octanol–water partition coefficient (Wildman–Crippen LogP) is 3.92. The Bertz CT molecular complexity index is 1200. The van der Waals surface area contributed by atoms with Crippen molar-refractivity contribution in [2.75, 3.05) is 0 Å². The van der Waals surface area contributed by atoms with Crippen molar-refractivity contribution in [2.24, 2.45) is 0 Å². The third-order valence-electron chi connectivity index (χ3n) is 4.20. The molecule has 0 fully saturated rings. The lowest BCUT2D eigenvalue weighted by atomic mass is 9.96. The summed E-state index contributed by atoms with van der Waals surface area (Å²) in [5.74, 6) is 0.639. The lowest BCUT2D eigenvalue weighted by Crippen LogP contribution is -2.31. The van der Waals surface area contributed by atoms with E-state index in [1.807, 2.05) is 26.8 Å². The van der Waals surface area contributed by atoms with Gasteiger partial charge in [-0.2, -0.15) is 0 Å². The van der Waals surface area contributed by atoms with E-state index in [9.17, 15) is 4.79 Å². The van der Waals surface area contributed by atoms with Crippen molar-refractivity contribution < 1.29 is 0 Å². The van der Waals surface area contributed by atoms with E-state index in [4.69, 9.17) is 0 Å². The Hall–Kier alpha value is -2.06. The molecule has 4 aromatic heterocycles. The fourth-order valence-corrected chi connectivity index (χ4v) is 4.21. The first-order valence-electron chi connectivity index (χ1n) is 8.24. The summed E-state index contributed by atoms with van der Waals surface area (Å²) in [5, 5.41) is 8.58. The van der Waals surface area contributed by atoms with Crippen LogP contribution in [0.4, 0.5) is 0 Å². The zero-order valence-corrected chi connectivity index (χ0v) is 17.3. The number of aryl methyl sites for hydroxylation is 1. The van der Waals surface area contributed by atoms with Crippen LogP contribution >= 0.6 is 27.3 Å². The molecule has 0 saturated heterocycles. The summed E-state index contributed by atoms with van der Waals surface area (Å²) in [6, 6.07) is 6.04. The molecule has 26 heavy (non-hydrogen) atoms. The van der Waals surface area contributed by atoms with E-state index in [2.05, 4.69) is 50.2 Å². The molecule has 0 bridgehead atoms. The van der Waals surface area contributed by atoms with Gasteiger partial charge in [-0.15, -0.1) is 21.5 Å². The van der Waals surface area contributed by atoms with Crippen LogP contribution in [0.2, 0.25) is 0 Å². The van der Waals surface area contributed by atoms with Crippen molar-refractivity contribution >= 4 is 43.9 Å². The molecular formula is C18H18BrN5OS. The Balaban J connectivity index is 2.11. The normalized spacial score (nSPS) is 12.3. The highest BCUT2D eigenvalue weighted by atomic mass is 79.9. The molecule has 0 radical (unpaired) electrons. The minimum atomic E-state index is -0.307. The van der Waals surface area contributed by atoms with Gasteiger partial charge in [-0.3, -0.25) is 4.57 Å². The fraction of sp³-hybridized carbons (Fsp3) is 0.333. The van der Waals surface area contributed by atoms with Gasteiger partial charge in [0.2, 0.25) is 0 Å². The second kappa shape index (κ2) is 5.99. The number of hydrogen-bond acceptors (Lipinski definition) is 5. The molecule has 6 nitrogen and oxygen atoms in total. The molecule has 0 amide bonds. The molecule has 0 aliphatic carbocycles. The van der Waals surface area contributed by atoms with Crippen molar-refractivity contribution in [2.45, 2.75) is 39.7 Å². The Kier molecular flexibility index (Phi) is 4.00. The Morgan fingerprint density at radius 1 is 1.23 bits per heavy atom. The van der Waals surface area contributed by atoms with E-state index in [0.29, 0.717) is 23.5 Å². The van der Waals surface area contributed by atoms with Crippen molar-refractivity contribution in [3.63, 3.8) is 0 Å². The highest BCUT2D eigenvalue weighted by molar-refractivity contribution is 9.10. The van der Waals surface area contributed by atoms with E-state index < -0.39 is 0 Å². The minimum Gasteiger partial charge on any atom is -0.286 e. The van der Waals surface area contributed by atoms with E-state index in [1.165, 1.54) is 4.88 Å². The number of pyridine rings is 1. The van der Waals surface area contributed by atoms with Crippen LogP contribution in [0.25, 0.3) is 16.7 Å². The van der Waals surface area contributed by atoms with Crippen molar-refractivity contribution in [1.29, 1.82) is 0 Å². The summed E-state index contributed by atoms with van der Waals surface area (Å²) < 4.78 is 4.17. The Morgan fingerprint density at radius 3 is 2.65 bits per heavy atom. The second-order valence-corrected chi connectivity index (χ2v) is 9.62. The van der Waals surface area contributed by atoms with Crippen LogP contribution in [-0.2, 0) is 12.0 Å². The third kappa shape index (κ3) is 2.77. The molecule has 0 N–H and O–H groups in total. The Labute approximate surface area is 162 Å². The Morgan fingerprint density at radius 2 is 2.00 bits per heavy atom. The van der Waals surface area contributed by atoms with E-state index >= 15 is 0 Å². The van der Waals surface area contributed by atoms with Crippen LogP contribution in [0.3, 0.4) is 0 Å². The van der Waals surface area contributed by atoms with Gasteiger partial charge in [0, 0.05) is 25.8 Å². The molecule has 8 heteroatoms. The fourth-order valence-electron chi connectivity index (χ4n) is 3.01. The minimum absolute atomic E-state index is 0.145. The summed E-state index contributed by atoms with van der Waals surface area (Å²) >= 11 is 5.15. The first kappa shape index (κ1) is 17.4. The number of thiophene rings is 1. The van der Waals surface area contributed by atoms with Gasteiger partial charge in [-0.05, 0) is 41.1 Å². The van der Waals surface area contributed by atoms with Crippen LogP contribution in [0.1, 0.15) is 36.3 Å². The second-order valence-electron chi connectivity index (χ2n) is 7.33. The summed E-state index contributed by atoms with van der Waals surface area (Å²) in [5.41, 5.74) is 1.47. The monoisotopic (exact) mass is 431 g/mol. The average Bonchev–Trinajstić information content (AvgIpc) is 3.17. The van der Waals surface area contributed by atoms with Gasteiger partial charge < -0.3 is 0 Å². The third-order valence-corrected chi connectivity index (χ3v) is 5.62. The lowest BCUT2D eigenvalue weighted by Gasteiger charge is -2.17. The molecule has 0 aliphatic heterocycles. The lowest BCUT2D eigenvalue weighted by molar-refractivity contribution is 0.530. The summed E-state index contributed by atoms with van der Waals surface area (Å²) in [4.78, 5) is 20.3. The number of aromatic nitrogens is 5. The van der Waals surface area contributed by atoms with Gasteiger partial charge >= 0.3 is 5.69 Å². The number of hydrogen-bond donors (Lipinski definition) is 0. The smallest absolute Gasteiger partial charge is 0.286 e. The quantitative estimate of drug-likeness (QED) is 0.482. The molecule has 134 valence electrons. The van der Waals surface area contributed by atoms with E-state index in [1.54, 1.807) is 26.5 Å². The van der Waals surface area contributed by atoms with Crippen LogP contribution in [-0.4, -0.2) is 24.1 Å². The van der Waals surface area contributed by atoms with Gasteiger partial charge in [0.25, 0.3) is 0 Å². The zero-order valence-electron chi connectivity index (χ0n) is 14.9. The summed E-state index contributed by atoms with van der Waals surface area (Å²) in [6.45, 7) is 8.62. The van der Waals surface area contributed by atoms with Crippen LogP contribution < -0.4 is 5.69 Å². The van der Waals surface area contributed by atoms with Gasteiger partial charge in [0.1, 0.15) is 11.3 Å². The molecule has 0 aromatic carbocycles. The number of nitrogens with zero attached hydrogens (tertiary/aromatic N) is 5. The first-order valence-corrected chi connectivity index (χ1v) is 9.85. The summed E-state index contributed by atoms with van der Waals surface area (Å²) in [7, 11) is 0. The molecule has 4 rings (SSSR count).